The van der Waals surface area contributed by atoms with Gasteiger partial charge in [-0.15, -0.1) is 10.2 Å². The summed E-state index contributed by atoms with van der Waals surface area (Å²) in [6.07, 6.45) is 1.64. The first-order valence-corrected chi connectivity index (χ1v) is 9.47. The van der Waals surface area contributed by atoms with E-state index in [4.69, 9.17) is 0 Å². The average Bonchev–Trinajstić information content (AvgIpc) is 3.18. The molecule has 0 aliphatic carbocycles. The second-order valence-electron chi connectivity index (χ2n) is 6.03. The summed E-state index contributed by atoms with van der Waals surface area (Å²) < 4.78 is 1.86. The summed E-state index contributed by atoms with van der Waals surface area (Å²) in [6.45, 7) is 1.44. The predicted octanol–water partition coefficient (Wildman–Crippen LogP) is 2.97. The van der Waals surface area contributed by atoms with Crippen molar-refractivity contribution < 1.29 is 9.59 Å². The number of fused-ring (bicyclic) bond motifs is 3. The van der Waals surface area contributed by atoms with Gasteiger partial charge in [-0.05, 0) is 36.4 Å². The fraction of sp³-hybridized carbons (Fsp3) is 0.105. The Morgan fingerprint density at radius 1 is 1.04 bits per heavy atom. The molecule has 9 heteroatoms. The average molecular weight is 392 g/mol. The molecule has 0 atom stereocenters. The van der Waals surface area contributed by atoms with Crippen LogP contribution in [-0.2, 0) is 9.59 Å². The van der Waals surface area contributed by atoms with Crippen molar-refractivity contribution in [3.63, 3.8) is 0 Å². The zero-order chi connectivity index (χ0) is 19.5. The van der Waals surface area contributed by atoms with Gasteiger partial charge in [0.05, 0.1) is 16.8 Å². The fourth-order valence-electron chi connectivity index (χ4n) is 2.75. The molecule has 0 saturated carbocycles. The number of amides is 2. The van der Waals surface area contributed by atoms with Crippen molar-refractivity contribution in [2.45, 2.75) is 11.9 Å². The Morgan fingerprint density at radius 3 is 2.50 bits per heavy atom. The molecule has 0 radical (unpaired) electrons. The molecule has 0 bridgehead atoms. The predicted molar refractivity (Wildman–Crippen MR) is 108 cm³/mol. The number of thioether (sulfide) groups is 1. The zero-order valence-corrected chi connectivity index (χ0v) is 15.7. The van der Waals surface area contributed by atoms with Crippen LogP contribution in [0, 0.1) is 0 Å². The van der Waals surface area contributed by atoms with E-state index in [1.54, 1.807) is 30.6 Å². The van der Waals surface area contributed by atoms with E-state index in [2.05, 4.69) is 25.8 Å². The van der Waals surface area contributed by atoms with E-state index >= 15 is 0 Å². The van der Waals surface area contributed by atoms with Crippen LogP contribution in [0.2, 0.25) is 0 Å². The molecule has 0 aliphatic heterocycles. The minimum atomic E-state index is -0.162. The Balaban J connectivity index is 1.46. The number of benzene rings is 2. The van der Waals surface area contributed by atoms with Gasteiger partial charge in [0.2, 0.25) is 11.8 Å². The van der Waals surface area contributed by atoms with E-state index in [1.165, 1.54) is 18.7 Å². The summed E-state index contributed by atoms with van der Waals surface area (Å²) in [6, 6.07) is 14.6. The topological polar surface area (TPSA) is 101 Å². The summed E-state index contributed by atoms with van der Waals surface area (Å²) >= 11 is 1.30. The fourth-order valence-corrected chi connectivity index (χ4v) is 3.52. The lowest BCUT2D eigenvalue weighted by Gasteiger charge is -2.08. The SMILES string of the molecule is CC(=O)Nc1ccc(NC(=O)CSc2nc3ccccc3n3cnnc23)cc1. The Morgan fingerprint density at radius 2 is 1.75 bits per heavy atom. The van der Waals surface area contributed by atoms with E-state index < -0.39 is 0 Å². The maximum atomic E-state index is 12.3. The van der Waals surface area contributed by atoms with Gasteiger partial charge in [-0.3, -0.25) is 14.0 Å². The number of carbonyl (C=O) groups excluding carboxylic acids is 2. The normalized spacial score (nSPS) is 10.9. The Kier molecular flexibility index (Phi) is 4.90. The minimum Gasteiger partial charge on any atom is -0.326 e. The van der Waals surface area contributed by atoms with Gasteiger partial charge >= 0.3 is 0 Å². The molecular formula is C19H16N6O2S. The number of aromatic nitrogens is 4. The van der Waals surface area contributed by atoms with Gasteiger partial charge in [-0.2, -0.15) is 0 Å². The molecule has 8 nitrogen and oxygen atoms in total. The van der Waals surface area contributed by atoms with E-state index in [0.717, 1.165) is 11.0 Å². The van der Waals surface area contributed by atoms with Gasteiger partial charge in [-0.25, -0.2) is 4.98 Å². The Bertz CT molecular complexity index is 1170. The summed E-state index contributed by atoms with van der Waals surface area (Å²) in [5.41, 5.74) is 3.67. The van der Waals surface area contributed by atoms with Crippen molar-refractivity contribution in [3.05, 3.63) is 54.9 Å². The number of hydrogen-bond acceptors (Lipinski definition) is 6. The van der Waals surface area contributed by atoms with Crippen LogP contribution in [0.3, 0.4) is 0 Å². The molecule has 2 N–H and O–H groups in total. The first-order valence-electron chi connectivity index (χ1n) is 8.49. The minimum absolute atomic E-state index is 0.143. The largest absolute Gasteiger partial charge is 0.326 e. The second kappa shape index (κ2) is 7.65. The molecule has 2 amide bonds. The van der Waals surface area contributed by atoms with Crippen LogP contribution in [0.4, 0.5) is 11.4 Å². The highest BCUT2D eigenvalue weighted by molar-refractivity contribution is 8.00. The summed E-state index contributed by atoms with van der Waals surface area (Å²) in [4.78, 5) is 28.0. The molecule has 0 fully saturated rings. The maximum absolute atomic E-state index is 12.3. The van der Waals surface area contributed by atoms with E-state index in [1.807, 2.05) is 28.7 Å². The van der Waals surface area contributed by atoms with Crippen molar-refractivity contribution in [2.75, 3.05) is 16.4 Å². The van der Waals surface area contributed by atoms with Crippen LogP contribution in [0.1, 0.15) is 6.92 Å². The van der Waals surface area contributed by atoms with Crippen molar-refractivity contribution in [3.8, 4) is 0 Å². The van der Waals surface area contributed by atoms with E-state index in [9.17, 15) is 9.59 Å². The molecule has 0 unspecified atom stereocenters. The van der Waals surface area contributed by atoms with E-state index in [0.29, 0.717) is 22.0 Å². The smallest absolute Gasteiger partial charge is 0.234 e. The third-order valence-corrected chi connectivity index (χ3v) is 4.89. The molecule has 4 rings (SSSR count). The lowest BCUT2D eigenvalue weighted by molar-refractivity contribution is -0.114. The summed E-state index contributed by atoms with van der Waals surface area (Å²) in [7, 11) is 0. The van der Waals surface area contributed by atoms with Crippen molar-refractivity contribution in [1.29, 1.82) is 0 Å². The van der Waals surface area contributed by atoms with Crippen LogP contribution >= 0.6 is 11.8 Å². The summed E-state index contributed by atoms with van der Waals surface area (Å²) in [5.74, 6) is -0.123. The van der Waals surface area contributed by atoms with Crippen LogP contribution in [0.15, 0.2) is 59.9 Å². The van der Waals surface area contributed by atoms with E-state index in [-0.39, 0.29) is 17.6 Å². The maximum Gasteiger partial charge on any atom is 0.234 e. The third-order valence-electron chi connectivity index (χ3n) is 3.93. The molecule has 4 aromatic rings. The van der Waals surface area contributed by atoms with Gasteiger partial charge in [-0.1, -0.05) is 23.9 Å². The van der Waals surface area contributed by atoms with Gasteiger partial charge in [0.25, 0.3) is 0 Å². The molecule has 2 aromatic heterocycles. The molecule has 0 saturated heterocycles. The molecule has 0 aliphatic rings. The number of nitrogens with one attached hydrogen (secondary N) is 2. The third kappa shape index (κ3) is 3.79. The second-order valence-corrected chi connectivity index (χ2v) is 6.99. The van der Waals surface area contributed by atoms with Crippen LogP contribution in [-0.4, -0.2) is 37.1 Å². The molecule has 0 spiro atoms. The standard InChI is InChI=1S/C19H16N6O2S/c1-12(26)21-13-6-8-14(9-7-13)22-17(27)10-28-19-18-24-20-11-25(18)16-5-3-2-4-15(16)23-19/h2-9,11H,10H2,1H3,(H,21,26)(H,22,27). The lowest BCUT2D eigenvalue weighted by atomic mass is 10.3. The number of nitrogens with zero attached hydrogens (tertiary/aromatic N) is 4. The summed E-state index contributed by atoms with van der Waals surface area (Å²) in [5, 5.41) is 14.2. The molecule has 2 heterocycles. The first kappa shape index (κ1) is 17.9. The first-order chi connectivity index (χ1) is 13.6. The van der Waals surface area contributed by atoms with Crippen molar-refractivity contribution >= 4 is 51.6 Å². The van der Waals surface area contributed by atoms with Gasteiger partial charge < -0.3 is 10.6 Å². The lowest BCUT2D eigenvalue weighted by Crippen LogP contribution is -2.14. The number of para-hydroxylation sites is 2. The van der Waals surface area contributed by atoms with Gasteiger partial charge in [0.15, 0.2) is 5.65 Å². The highest BCUT2D eigenvalue weighted by Gasteiger charge is 2.12. The molecule has 28 heavy (non-hydrogen) atoms. The number of hydrogen-bond donors (Lipinski definition) is 2. The Hall–Kier alpha value is -3.46. The Labute approximate surface area is 164 Å². The number of carbonyl (C=O) groups is 2. The zero-order valence-electron chi connectivity index (χ0n) is 14.9. The molecular weight excluding hydrogens is 376 g/mol. The highest BCUT2D eigenvalue weighted by Crippen LogP contribution is 2.24. The highest BCUT2D eigenvalue weighted by atomic mass is 32.2. The van der Waals surface area contributed by atoms with Crippen LogP contribution < -0.4 is 10.6 Å². The quantitative estimate of drug-likeness (QED) is 0.507. The van der Waals surface area contributed by atoms with Crippen molar-refractivity contribution in [2.24, 2.45) is 0 Å². The van der Waals surface area contributed by atoms with Crippen LogP contribution in [0.25, 0.3) is 16.7 Å². The van der Waals surface area contributed by atoms with Gasteiger partial charge in [0.1, 0.15) is 11.4 Å². The van der Waals surface area contributed by atoms with Gasteiger partial charge in [0, 0.05) is 18.3 Å². The van der Waals surface area contributed by atoms with Crippen molar-refractivity contribution in [1.82, 2.24) is 19.6 Å². The monoisotopic (exact) mass is 392 g/mol. The molecule has 2 aromatic carbocycles. The number of rotatable bonds is 5. The number of anilines is 2. The van der Waals surface area contributed by atoms with Crippen LogP contribution in [0.5, 0.6) is 0 Å². The molecule has 140 valence electrons.